The molecule has 0 aliphatic carbocycles. The van der Waals surface area contributed by atoms with Crippen molar-refractivity contribution in [3.05, 3.63) is 71.8 Å². The van der Waals surface area contributed by atoms with Crippen molar-refractivity contribution in [1.29, 1.82) is 0 Å². The van der Waals surface area contributed by atoms with E-state index in [0.717, 1.165) is 5.56 Å². The number of ether oxygens (including phenoxy) is 3. The number of amides is 1. The van der Waals surface area contributed by atoms with Gasteiger partial charge in [0.25, 0.3) is 0 Å². The molecule has 0 N–H and O–H groups in total. The van der Waals surface area contributed by atoms with Crippen LogP contribution in [0, 0.1) is 11.8 Å². The van der Waals surface area contributed by atoms with Crippen LogP contribution in [-0.2, 0) is 28.6 Å². The Morgan fingerprint density at radius 2 is 1.74 bits per heavy atom. The van der Waals surface area contributed by atoms with E-state index < -0.39 is 42.0 Å². The van der Waals surface area contributed by atoms with Crippen molar-refractivity contribution >= 4 is 17.8 Å². The molecule has 5 atom stereocenters. The minimum atomic E-state index is -1.11. The second-order valence-electron chi connectivity index (χ2n) is 7.63. The van der Waals surface area contributed by atoms with Crippen molar-refractivity contribution in [2.45, 2.75) is 25.1 Å². The highest BCUT2D eigenvalue weighted by atomic mass is 16.5. The summed E-state index contributed by atoms with van der Waals surface area (Å²) in [6, 6.07) is 18.0. The molecule has 31 heavy (non-hydrogen) atoms. The molecule has 0 spiro atoms. The molecule has 2 aliphatic heterocycles. The Balaban J connectivity index is 1.79. The van der Waals surface area contributed by atoms with E-state index in [1.165, 1.54) is 7.11 Å². The number of carbonyl (C=O) groups excluding carboxylic acids is 3. The van der Waals surface area contributed by atoms with E-state index >= 15 is 0 Å². The van der Waals surface area contributed by atoms with Gasteiger partial charge in [-0.05, 0) is 12.5 Å². The maximum atomic E-state index is 13.5. The van der Waals surface area contributed by atoms with Crippen LogP contribution in [0.15, 0.2) is 60.7 Å². The van der Waals surface area contributed by atoms with Gasteiger partial charge < -0.3 is 19.1 Å². The summed E-state index contributed by atoms with van der Waals surface area (Å²) >= 11 is 0. The summed E-state index contributed by atoms with van der Waals surface area (Å²) < 4.78 is 16.3. The molecule has 2 aliphatic rings. The average Bonchev–Trinajstić information content (AvgIpc) is 3.35. The standard InChI is InChI=1S/C24H25NO6/c1-3-30-24(28)20-19(18(23(27)29-2)15-10-6-4-7-11-15)17-14-31-22(25(17)21(20)26)16-12-8-5-9-13-16/h4-13,17-20,22H,3,14H2,1-2H3/t17-,18?,19?,20?,22-/m1/s1. The fourth-order valence-corrected chi connectivity index (χ4v) is 4.73. The normalized spacial score (nSPS) is 25.7. The number of fused-ring (bicyclic) bond motifs is 1. The molecule has 2 fully saturated rings. The van der Waals surface area contributed by atoms with E-state index in [4.69, 9.17) is 14.2 Å². The zero-order chi connectivity index (χ0) is 22.0. The maximum absolute atomic E-state index is 13.5. The van der Waals surface area contributed by atoms with Crippen molar-refractivity contribution in [1.82, 2.24) is 4.90 Å². The Labute approximate surface area is 180 Å². The minimum absolute atomic E-state index is 0.146. The lowest BCUT2D eigenvalue weighted by molar-refractivity contribution is -0.156. The Kier molecular flexibility index (Phi) is 6.04. The fraction of sp³-hybridized carbons (Fsp3) is 0.375. The first kappa shape index (κ1) is 21.1. The van der Waals surface area contributed by atoms with Gasteiger partial charge in [-0.15, -0.1) is 0 Å². The van der Waals surface area contributed by atoms with Crippen LogP contribution in [0.25, 0.3) is 0 Å². The van der Waals surface area contributed by atoms with Crippen molar-refractivity contribution in [2.24, 2.45) is 11.8 Å². The van der Waals surface area contributed by atoms with Crippen LogP contribution in [0.2, 0.25) is 0 Å². The molecule has 3 unspecified atom stereocenters. The van der Waals surface area contributed by atoms with E-state index in [1.54, 1.807) is 24.0 Å². The Bertz CT molecular complexity index is 947. The number of hydrogen-bond donors (Lipinski definition) is 0. The fourth-order valence-electron chi connectivity index (χ4n) is 4.73. The average molecular weight is 423 g/mol. The molecule has 2 heterocycles. The second-order valence-corrected chi connectivity index (χ2v) is 7.63. The molecular weight excluding hydrogens is 398 g/mol. The Morgan fingerprint density at radius 3 is 2.35 bits per heavy atom. The zero-order valence-corrected chi connectivity index (χ0v) is 17.5. The Morgan fingerprint density at radius 1 is 1.10 bits per heavy atom. The number of carbonyl (C=O) groups is 3. The molecule has 2 aromatic rings. The molecule has 2 aromatic carbocycles. The molecule has 0 saturated carbocycles. The van der Waals surface area contributed by atoms with Crippen LogP contribution in [0.5, 0.6) is 0 Å². The van der Waals surface area contributed by atoms with Crippen molar-refractivity contribution in [3.8, 4) is 0 Å². The van der Waals surface area contributed by atoms with Crippen molar-refractivity contribution in [2.75, 3.05) is 20.3 Å². The third kappa shape index (κ3) is 3.70. The molecule has 7 nitrogen and oxygen atoms in total. The third-order valence-electron chi connectivity index (χ3n) is 6.01. The number of hydrogen-bond acceptors (Lipinski definition) is 6. The predicted octanol–water partition coefficient (Wildman–Crippen LogP) is 2.68. The zero-order valence-electron chi connectivity index (χ0n) is 17.5. The van der Waals surface area contributed by atoms with Gasteiger partial charge in [0.1, 0.15) is 5.92 Å². The lowest BCUT2D eigenvalue weighted by Crippen LogP contribution is -2.38. The topological polar surface area (TPSA) is 82.1 Å². The van der Waals surface area contributed by atoms with E-state index in [0.29, 0.717) is 5.56 Å². The van der Waals surface area contributed by atoms with Gasteiger partial charge in [-0.25, -0.2) is 0 Å². The van der Waals surface area contributed by atoms with Crippen molar-refractivity contribution in [3.63, 3.8) is 0 Å². The number of methoxy groups -OCH3 is 1. The smallest absolute Gasteiger partial charge is 0.318 e. The van der Waals surface area contributed by atoms with E-state index in [2.05, 4.69) is 0 Å². The van der Waals surface area contributed by atoms with E-state index in [1.807, 2.05) is 48.5 Å². The SMILES string of the molecule is CCOC(=O)C1C(=O)N2[C@@H](c3ccccc3)OC[C@@H]2C1C(C(=O)OC)c1ccccc1. The van der Waals surface area contributed by atoms with Gasteiger partial charge in [0.2, 0.25) is 5.91 Å². The second kappa shape index (κ2) is 8.89. The molecule has 7 heteroatoms. The summed E-state index contributed by atoms with van der Waals surface area (Å²) in [4.78, 5) is 41.0. The molecule has 0 bridgehead atoms. The predicted molar refractivity (Wildman–Crippen MR) is 111 cm³/mol. The molecule has 0 aromatic heterocycles. The largest absolute Gasteiger partial charge is 0.469 e. The summed E-state index contributed by atoms with van der Waals surface area (Å²) in [7, 11) is 1.31. The van der Waals surface area contributed by atoms with Crippen molar-refractivity contribution < 1.29 is 28.6 Å². The lowest BCUT2D eigenvalue weighted by atomic mass is 9.76. The van der Waals surface area contributed by atoms with Gasteiger partial charge in [-0.3, -0.25) is 14.4 Å². The first-order chi connectivity index (χ1) is 15.1. The van der Waals surface area contributed by atoms with Crippen LogP contribution >= 0.6 is 0 Å². The van der Waals surface area contributed by atoms with Gasteiger partial charge in [0.15, 0.2) is 6.23 Å². The summed E-state index contributed by atoms with van der Waals surface area (Å²) in [6.45, 7) is 2.05. The minimum Gasteiger partial charge on any atom is -0.469 e. The highest BCUT2D eigenvalue weighted by molar-refractivity contribution is 6.01. The summed E-state index contributed by atoms with van der Waals surface area (Å²) in [5, 5.41) is 0. The summed E-state index contributed by atoms with van der Waals surface area (Å²) in [6.07, 6.45) is -0.616. The molecule has 1 amide bonds. The van der Waals surface area contributed by atoms with Gasteiger partial charge in [-0.1, -0.05) is 60.7 Å². The first-order valence-corrected chi connectivity index (χ1v) is 10.4. The number of rotatable bonds is 6. The maximum Gasteiger partial charge on any atom is 0.318 e. The number of esters is 2. The summed E-state index contributed by atoms with van der Waals surface area (Å²) in [5.74, 6) is -4.09. The molecular formula is C24H25NO6. The van der Waals surface area contributed by atoms with Gasteiger partial charge in [-0.2, -0.15) is 0 Å². The quantitative estimate of drug-likeness (QED) is 0.525. The summed E-state index contributed by atoms with van der Waals surface area (Å²) in [5.41, 5.74) is 1.50. The molecule has 0 radical (unpaired) electrons. The van der Waals surface area contributed by atoms with Crippen LogP contribution < -0.4 is 0 Å². The third-order valence-corrected chi connectivity index (χ3v) is 6.01. The van der Waals surface area contributed by atoms with Gasteiger partial charge in [0.05, 0.1) is 32.3 Å². The number of benzene rings is 2. The van der Waals surface area contributed by atoms with Crippen LogP contribution in [0.1, 0.15) is 30.2 Å². The van der Waals surface area contributed by atoms with Crippen LogP contribution in [-0.4, -0.2) is 49.1 Å². The highest BCUT2D eigenvalue weighted by Gasteiger charge is 2.61. The molecule has 162 valence electrons. The van der Waals surface area contributed by atoms with E-state index in [-0.39, 0.29) is 19.1 Å². The highest BCUT2D eigenvalue weighted by Crippen LogP contribution is 2.49. The van der Waals surface area contributed by atoms with Gasteiger partial charge >= 0.3 is 11.9 Å². The first-order valence-electron chi connectivity index (χ1n) is 10.4. The van der Waals surface area contributed by atoms with Crippen LogP contribution in [0.4, 0.5) is 0 Å². The molecule has 4 rings (SSSR count). The van der Waals surface area contributed by atoms with Crippen LogP contribution in [0.3, 0.4) is 0 Å². The Hall–Kier alpha value is -3.19. The lowest BCUT2D eigenvalue weighted by Gasteiger charge is -2.28. The molecule has 2 saturated heterocycles. The van der Waals surface area contributed by atoms with E-state index in [9.17, 15) is 14.4 Å². The number of nitrogens with zero attached hydrogens (tertiary/aromatic N) is 1. The monoisotopic (exact) mass is 423 g/mol. The van der Waals surface area contributed by atoms with Gasteiger partial charge in [0, 0.05) is 11.5 Å².